The number of amides is 1. The highest BCUT2D eigenvalue weighted by molar-refractivity contribution is 9.10. The molecule has 0 spiro atoms. The summed E-state index contributed by atoms with van der Waals surface area (Å²) in [4.78, 5) is 20.2. The minimum atomic E-state index is 0.154. The molecule has 0 saturated carbocycles. The summed E-state index contributed by atoms with van der Waals surface area (Å²) in [6.07, 6.45) is 0. The van der Waals surface area contributed by atoms with Crippen LogP contribution in [0.25, 0.3) is 10.9 Å². The van der Waals surface area contributed by atoms with Gasteiger partial charge in [0.05, 0.1) is 5.52 Å². The molecule has 1 amide bonds. The Kier molecular flexibility index (Phi) is 3.61. The number of pyridine rings is 1. The van der Waals surface area contributed by atoms with Crippen LogP contribution in [0.15, 0.2) is 34.8 Å². The topological polar surface area (TPSA) is 36.4 Å². The van der Waals surface area contributed by atoms with E-state index in [2.05, 4.69) is 39.0 Å². The van der Waals surface area contributed by atoms with Gasteiger partial charge in [-0.25, -0.2) is 4.98 Å². The molecule has 0 aliphatic carbocycles. The molecule has 1 saturated heterocycles. The van der Waals surface area contributed by atoms with E-state index in [0.717, 1.165) is 47.4 Å². The van der Waals surface area contributed by atoms with E-state index in [-0.39, 0.29) is 5.91 Å². The van der Waals surface area contributed by atoms with E-state index in [9.17, 15) is 4.79 Å². The number of benzene rings is 1. The van der Waals surface area contributed by atoms with Crippen LogP contribution in [-0.2, 0) is 4.79 Å². The number of carbonyl (C=O) groups is 1. The van der Waals surface area contributed by atoms with Gasteiger partial charge in [0, 0.05) is 43.0 Å². The number of halogens is 1. The van der Waals surface area contributed by atoms with Crippen LogP contribution in [0.5, 0.6) is 0 Å². The number of piperazine rings is 1. The van der Waals surface area contributed by atoms with Crippen molar-refractivity contribution in [2.75, 3.05) is 31.1 Å². The van der Waals surface area contributed by atoms with Crippen LogP contribution in [-0.4, -0.2) is 42.0 Å². The van der Waals surface area contributed by atoms with Crippen molar-refractivity contribution in [3.63, 3.8) is 0 Å². The fourth-order valence-corrected chi connectivity index (χ4v) is 2.89. The van der Waals surface area contributed by atoms with Gasteiger partial charge in [0.2, 0.25) is 5.91 Å². The maximum absolute atomic E-state index is 11.3. The lowest BCUT2D eigenvalue weighted by molar-refractivity contribution is -0.129. The van der Waals surface area contributed by atoms with Crippen molar-refractivity contribution in [2.45, 2.75) is 6.92 Å². The van der Waals surface area contributed by atoms with Crippen molar-refractivity contribution >= 4 is 38.6 Å². The average molecular weight is 334 g/mol. The van der Waals surface area contributed by atoms with Gasteiger partial charge in [-0.05, 0) is 30.3 Å². The molecule has 4 nitrogen and oxygen atoms in total. The van der Waals surface area contributed by atoms with Crippen LogP contribution in [0.4, 0.5) is 5.82 Å². The number of nitrogens with zero attached hydrogens (tertiary/aromatic N) is 3. The van der Waals surface area contributed by atoms with Crippen LogP contribution < -0.4 is 4.90 Å². The number of carbonyl (C=O) groups excluding carboxylic acids is 1. The lowest BCUT2D eigenvalue weighted by atomic mass is 10.2. The predicted molar refractivity (Wildman–Crippen MR) is 83.9 cm³/mol. The molecular weight excluding hydrogens is 318 g/mol. The molecular formula is C15H16BrN3O. The fourth-order valence-electron chi connectivity index (χ4n) is 2.51. The molecule has 0 unspecified atom stereocenters. The molecule has 0 atom stereocenters. The van der Waals surface area contributed by atoms with Gasteiger partial charge in [-0.2, -0.15) is 0 Å². The highest BCUT2D eigenvalue weighted by Crippen LogP contribution is 2.22. The standard InChI is InChI=1S/C15H16BrN3O/c1-11(20)18-6-8-19(9-7-18)15-5-2-12-10-13(16)3-4-14(12)17-15/h2-5,10H,6-9H2,1H3. The number of fused-ring (bicyclic) bond motifs is 1. The Hall–Kier alpha value is -1.62. The highest BCUT2D eigenvalue weighted by Gasteiger charge is 2.19. The zero-order valence-corrected chi connectivity index (χ0v) is 12.9. The van der Waals surface area contributed by atoms with Crippen molar-refractivity contribution in [2.24, 2.45) is 0 Å². The predicted octanol–water partition coefficient (Wildman–Crippen LogP) is 2.67. The first kappa shape index (κ1) is 13.4. The van der Waals surface area contributed by atoms with Crippen molar-refractivity contribution in [1.29, 1.82) is 0 Å². The molecule has 5 heteroatoms. The van der Waals surface area contributed by atoms with Crippen molar-refractivity contribution in [1.82, 2.24) is 9.88 Å². The van der Waals surface area contributed by atoms with E-state index in [0.29, 0.717) is 0 Å². The number of aromatic nitrogens is 1. The third kappa shape index (κ3) is 2.63. The molecule has 0 N–H and O–H groups in total. The summed E-state index contributed by atoms with van der Waals surface area (Å²) in [6.45, 7) is 4.86. The average Bonchev–Trinajstić information content (AvgIpc) is 2.47. The molecule has 1 fully saturated rings. The Labute approximate surface area is 126 Å². The van der Waals surface area contributed by atoms with Gasteiger partial charge in [-0.15, -0.1) is 0 Å². The SMILES string of the molecule is CC(=O)N1CCN(c2ccc3cc(Br)ccc3n2)CC1. The zero-order valence-electron chi connectivity index (χ0n) is 11.3. The summed E-state index contributed by atoms with van der Waals surface area (Å²) in [7, 11) is 0. The summed E-state index contributed by atoms with van der Waals surface area (Å²) >= 11 is 3.47. The van der Waals surface area contributed by atoms with Gasteiger partial charge < -0.3 is 9.80 Å². The summed E-state index contributed by atoms with van der Waals surface area (Å²) in [5.41, 5.74) is 1.000. The first-order valence-corrected chi connectivity index (χ1v) is 7.49. The van der Waals surface area contributed by atoms with Gasteiger partial charge >= 0.3 is 0 Å². The molecule has 1 aromatic carbocycles. The monoisotopic (exact) mass is 333 g/mol. The Morgan fingerprint density at radius 3 is 2.60 bits per heavy atom. The lowest BCUT2D eigenvalue weighted by Crippen LogP contribution is -2.48. The molecule has 1 aromatic heterocycles. The second kappa shape index (κ2) is 5.40. The van der Waals surface area contributed by atoms with Crippen LogP contribution in [0.3, 0.4) is 0 Å². The van der Waals surface area contributed by atoms with Gasteiger partial charge in [0.1, 0.15) is 5.82 Å². The van der Waals surface area contributed by atoms with Crippen LogP contribution in [0.2, 0.25) is 0 Å². The van der Waals surface area contributed by atoms with Gasteiger partial charge in [-0.1, -0.05) is 15.9 Å². The van der Waals surface area contributed by atoms with Crippen molar-refractivity contribution in [3.8, 4) is 0 Å². The van der Waals surface area contributed by atoms with Gasteiger partial charge in [0.15, 0.2) is 0 Å². The summed E-state index contributed by atoms with van der Waals surface area (Å²) < 4.78 is 1.06. The molecule has 1 aliphatic rings. The maximum Gasteiger partial charge on any atom is 0.219 e. The summed E-state index contributed by atoms with van der Waals surface area (Å²) in [5.74, 6) is 1.14. The Balaban J connectivity index is 1.81. The molecule has 1 aliphatic heterocycles. The van der Waals surface area contributed by atoms with Crippen molar-refractivity contribution in [3.05, 3.63) is 34.8 Å². The van der Waals surface area contributed by atoms with Crippen LogP contribution in [0.1, 0.15) is 6.92 Å². The molecule has 0 bridgehead atoms. The summed E-state index contributed by atoms with van der Waals surface area (Å²) in [6, 6.07) is 10.2. The zero-order chi connectivity index (χ0) is 14.1. The number of hydrogen-bond donors (Lipinski definition) is 0. The van der Waals surface area contributed by atoms with Crippen molar-refractivity contribution < 1.29 is 4.79 Å². The molecule has 104 valence electrons. The first-order valence-electron chi connectivity index (χ1n) is 6.70. The van der Waals surface area contributed by atoms with E-state index in [1.807, 2.05) is 17.0 Å². The Morgan fingerprint density at radius 1 is 1.15 bits per heavy atom. The quantitative estimate of drug-likeness (QED) is 0.805. The second-order valence-corrected chi connectivity index (χ2v) is 5.92. The Bertz CT molecular complexity index is 651. The first-order chi connectivity index (χ1) is 9.63. The normalized spacial score (nSPS) is 15.7. The minimum Gasteiger partial charge on any atom is -0.353 e. The van der Waals surface area contributed by atoms with E-state index >= 15 is 0 Å². The number of anilines is 1. The Morgan fingerprint density at radius 2 is 1.90 bits per heavy atom. The lowest BCUT2D eigenvalue weighted by Gasteiger charge is -2.35. The molecule has 0 radical (unpaired) electrons. The smallest absolute Gasteiger partial charge is 0.219 e. The van der Waals surface area contributed by atoms with Gasteiger partial charge in [0.25, 0.3) is 0 Å². The third-order valence-corrected chi connectivity index (χ3v) is 4.18. The number of hydrogen-bond acceptors (Lipinski definition) is 3. The van der Waals surface area contributed by atoms with Crippen LogP contribution in [0, 0.1) is 0 Å². The molecule has 2 aromatic rings. The van der Waals surface area contributed by atoms with E-state index < -0.39 is 0 Å². The molecule has 3 rings (SSSR count). The van der Waals surface area contributed by atoms with Crippen LogP contribution >= 0.6 is 15.9 Å². The molecule has 2 heterocycles. The van der Waals surface area contributed by atoms with Gasteiger partial charge in [-0.3, -0.25) is 4.79 Å². The third-order valence-electron chi connectivity index (χ3n) is 3.69. The highest BCUT2D eigenvalue weighted by atomic mass is 79.9. The maximum atomic E-state index is 11.3. The molecule has 20 heavy (non-hydrogen) atoms. The van der Waals surface area contributed by atoms with E-state index in [1.54, 1.807) is 6.92 Å². The minimum absolute atomic E-state index is 0.154. The largest absolute Gasteiger partial charge is 0.353 e. The second-order valence-electron chi connectivity index (χ2n) is 5.00. The van der Waals surface area contributed by atoms with E-state index in [1.165, 1.54) is 0 Å². The fraction of sp³-hybridized carbons (Fsp3) is 0.333. The summed E-state index contributed by atoms with van der Waals surface area (Å²) in [5, 5.41) is 1.13. The number of rotatable bonds is 1. The van der Waals surface area contributed by atoms with E-state index in [4.69, 9.17) is 4.98 Å².